The molecular weight excluding hydrogens is 321 g/mol. The summed E-state index contributed by atoms with van der Waals surface area (Å²) >= 11 is 0. The number of nitrogens with zero attached hydrogens (tertiary/aromatic N) is 1. The van der Waals surface area contributed by atoms with Gasteiger partial charge >= 0.3 is 13.8 Å². The van der Waals surface area contributed by atoms with Gasteiger partial charge in [-0.3, -0.25) is 13.8 Å². The van der Waals surface area contributed by atoms with E-state index < -0.39 is 13.8 Å². The maximum Gasteiger partial charge on any atom is 0.472 e. The number of rotatable bonds is 10. The Morgan fingerprint density at radius 1 is 1.13 bits per heavy atom. The minimum Gasteiger partial charge on any atom is -0.463 e. The second kappa shape index (κ2) is 9.15. The summed E-state index contributed by atoms with van der Waals surface area (Å²) in [5.41, 5.74) is 1.18. The molecule has 23 heavy (non-hydrogen) atoms. The molecule has 0 aliphatic carbocycles. The molecule has 1 N–H and O–H groups in total. The number of hydrogen-bond acceptors (Lipinski definition) is 5. The second-order valence-corrected chi connectivity index (χ2v) is 7.23. The number of carbonyl (C=O) groups is 1. The van der Waals surface area contributed by atoms with Crippen LogP contribution in [0, 0.1) is 0 Å². The molecule has 130 valence electrons. The summed E-state index contributed by atoms with van der Waals surface area (Å²) in [6.45, 7) is 2.40. The first-order chi connectivity index (χ1) is 10.7. The standard InChI is InChI=1S/C15H24NO6P/c1-14(17)20-11-12-22-23(18,19)21-10-9-16(2,3)13-15-7-5-4-6-8-15/h4-8H,9-13H2,1-3H3/p+1. The van der Waals surface area contributed by atoms with Crippen molar-refractivity contribution in [2.24, 2.45) is 0 Å². The highest BCUT2D eigenvalue weighted by Crippen LogP contribution is 2.42. The highest BCUT2D eigenvalue weighted by atomic mass is 31.2. The minimum atomic E-state index is -4.12. The van der Waals surface area contributed by atoms with Crippen molar-refractivity contribution in [2.45, 2.75) is 13.5 Å². The Morgan fingerprint density at radius 2 is 1.74 bits per heavy atom. The second-order valence-electron chi connectivity index (χ2n) is 5.78. The molecule has 0 fully saturated rings. The first-order valence-electron chi connectivity index (χ1n) is 7.31. The number of hydrogen-bond donors (Lipinski definition) is 1. The molecule has 0 aliphatic heterocycles. The predicted molar refractivity (Wildman–Crippen MR) is 85.5 cm³/mol. The lowest BCUT2D eigenvalue weighted by Gasteiger charge is -2.30. The highest BCUT2D eigenvalue weighted by molar-refractivity contribution is 7.47. The summed E-state index contributed by atoms with van der Waals surface area (Å²) in [7, 11) is -0.0941. The van der Waals surface area contributed by atoms with Gasteiger partial charge in [-0.1, -0.05) is 30.3 Å². The zero-order valence-electron chi connectivity index (χ0n) is 13.8. The van der Waals surface area contributed by atoms with Gasteiger partial charge in [-0.05, 0) is 0 Å². The molecule has 0 saturated heterocycles. The molecule has 8 heteroatoms. The number of benzene rings is 1. The third kappa shape index (κ3) is 9.48. The van der Waals surface area contributed by atoms with Crippen LogP contribution in [0.4, 0.5) is 0 Å². The summed E-state index contributed by atoms with van der Waals surface area (Å²) < 4.78 is 26.5. The Kier molecular flexibility index (Phi) is 7.88. The number of phosphoric acid groups is 1. The first kappa shape index (κ1) is 19.8. The van der Waals surface area contributed by atoms with Crippen LogP contribution < -0.4 is 0 Å². The Bertz CT molecular complexity index is 534. The Labute approximate surface area is 137 Å². The van der Waals surface area contributed by atoms with Crippen LogP contribution in [-0.4, -0.2) is 55.8 Å². The van der Waals surface area contributed by atoms with Gasteiger partial charge in [0.1, 0.15) is 26.3 Å². The molecule has 1 unspecified atom stereocenters. The van der Waals surface area contributed by atoms with Crippen molar-refractivity contribution in [3.63, 3.8) is 0 Å². The van der Waals surface area contributed by atoms with Crippen molar-refractivity contribution in [2.75, 3.05) is 40.5 Å². The summed E-state index contributed by atoms with van der Waals surface area (Å²) in [6.07, 6.45) is 0. The van der Waals surface area contributed by atoms with Gasteiger partial charge in [0.15, 0.2) is 0 Å². The molecule has 0 amide bonds. The lowest BCUT2D eigenvalue weighted by molar-refractivity contribution is -0.903. The van der Waals surface area contributed by atoms with Crippen molar-refractivity contribution in [3.05, 3.63) is 35.9 Å². The number of likely N-dealkylation sites (N-methyl/N-ethyl adjacent to an activating group) is 1. The third-order valence-corrected chi connectivity index (χ3v) is 4.07. The summed E-state index contributed by atoms with van der Waals surface area (Å²) in [5.74, 6) is -0.470. The van der Waals surface area contributed by atoms with Gasteiger partial charge in [0, 0.05) is 12.5 Å². The van der Waals surface area contributed by atoms with E-state index in [1.165, 1.54) is 12.5 Å². The Morgan fingerprint density at radius 3 is 2.35 bits per heavy atom. The van der Waals surface area contributed by atoms with E-state index in [1.807, 2.05) is 44.4 Å². The fourth-order valence-electron chi connectivity index (χ4n) is 1.94. The lowest BCUT2D eigenvalue weighted by atomic mass is 10.2. The Hall–Kier alpha value is -1.24. The molecule has 0 aliphatic rings. The van der Waals surface area contributed by atoms with Crippen LogP contribution in [0.2, 0.25) is 0 Å². The van der Waals surface area contributed by atoms with Crippen LogP contribution in [0.3, 0.4) is 0 Å². The fourth-order valence-corrected chi connectivity index (χ4v) is 2.63. The van der Waals surface area contributed by atoms with E-state index >= 15 is 0 Å². The van der Waals surface area contributed by atoms with E-state index in [0.29, 0.717) is 11.0 Å². The molecule has 1 rings (SSSR count). The van der Waals surface area contributed by atoms with Crippen molar-refractivity contribution in [1.29, 1.82) is 0 Å². The molecule has 0 bridgehead atoms. The number of esters is 1. The smallest absolute Gasteiger partial charge is 0.463 e. The van der Waals surface area contributed by atoms with Crippen molar-refractivity contribution in [1.82, 2.24) is 0 Å². The molecule has 7 nitrogen and oxygen atoms in total. The average Bonchev–Trinajstić information content (AvgIpc) is 2.43. The fraction of sp³-hybridized carbons (Fsp3) is 0.533. The predicted octanol–water partition coefficient (Wildman–Crippen LogP) is 1.96. The quantitative estimate of drug-likeness (QED) is 0.302. The van der Waals surface area contributed by atoms with E-state index in [0.717, 1.165) is 6.54 Å². The monoisotopic (exact) mass is 346 g/mol. The van der Waals surface area contributed by atoms with Crippen molar-refractivity contribution < 1.29 is 32.5 Å². The van der Waals surface area contributed by atoms with Crippen LogP contribution in [0.25, 0.3) is 0 Å². The van der Waals surface area contributed by atoms with Crippen LogP contribution in [-0.2, 0) is 29.7 Å². The van der Waals surface area contributed by atoms with E-state index in [1.54, 1.807) is 0 Å². The molecule has 0 heterocycles. The topological polar surface area (TPSA) is 82.1 Å². The van der Waals surface area contributed by atoms with Gasteiger partial charge in [-0.25, -0.2) is 4.57 Å². The average molecular weight is 346 g/mol. The Balaban J connectivity index is 2.30. The molecule has 0 aromatic heterocycles. The van der Waals surface area contributed by atoms with Gasteiger partial charge in [0.05, 0.1) is 20.7 Å². The summed E-state index contributed by atoms with van der Waals surface area (Å²) in [6, 6.07) is 9.99. The van der Waals surface area contributed by atoms with Crippen molar-refractivity contribution >= 4 is 13.8 Å². The normalized spacial score (nSPS) is 14.3. The van der Waals surface area contributed by atoms with E-state index in [4.69, 9.17) is 9.05 Å². The number of phosphoric ester groups is 1. The van der Waals surface area contributed by atoms with Crippen molar-refractivity contribution in [3.8, 4) is 0 Å². The number of carbonyl (C=O) groups excluding carboxylic acids is 1. The largest absolute Gasteiger partial charge is 0.472 e. The van der Waals surface area contributed by atoms with Gasteiger partial charge < -0.3 is 14.1 Å². The van der Waals surface area contributed by atoms with Crippen LogP contribution in [0.15, 0.2) is 30.3 Å². The molecular formula is C15H25NO6P+. The van der Waals surface area contributed by atoms with Gasteiger partial charge in [0.2, 0.25) is 0 Å². The molecule has 1 aromatic rings. The van der Waals surface area contributed by atoms with Gasteiger partial charge in [0.25, 0.3) is 0 Å². The minimum absolute atomic E-state index is 0.0845. The molecule has 0 saturated carbocycles. The van der Waals surface area contributed by atoms with Crippen LogP contribution in [0.5, 0.6) is 0 Å². The first-order valence-corrected chi connectivity index (χ1v) is 8.81. The molecule has 1 aromatic carbocycles. The number of ether oxygens (including phenoxy) is 1. The molecule has 1 atom stereocenters. The van der Waals surface area contributed by atoms with E-state index in [2.05, 4.69) is 4.74 Å². The highest BCUT2D eigenvalue weighted by Gasteiger charge is 2.23. The number of quaternary nitrogens is 1. The van der Waals surface area contributed by atoms with E-state index in [-0.39, 0.29) is 19.8 Å². The third-order valence-electron chi connectivity index (χ3n) is 3.05. The zero-order valence-corrected chi connectivity index (χ0v) is 14.7. The van der Waals surface area contributed by atoms with Crippen LogP contribution in [0.1, 0.15) is 12.5 Å². The zero-order chi connectivity index (χ0) is 17.3. The van der Waals surface area contributed by atoms with Gasteiger partial charge in [-0.15, -0.1) is 0 Å². The van der Waals surface area contributed by atoms with Gasteiger partial charge in [-0.2, -0.15) is 0 Å². The van der Waals surface area contributed by atoms with E-state index in [9.17, 15) is 14.3 Å². The maximum absolute atomic E-state index is 11.7. The summed E-state index contributed by atoms with van der Waals surface area (Å²) in [5, 5.41) is 0. The van der Waals surface area contributed by atoms with Crippen LogP contribution >= 0.6 is 7.82 Å². The lowest BCUT2D eigenvalue weighted by Crippen LogP contribution is -2.41. The molecule has 0 radical (unpaired) electrons. The molecule has 0 spiro atoms. The maximum atomic E-state index is 11.7. The summed E-state index contributed by atoms with van der Waals surface area (Å²) in [4.78, 5) is 20.1. The SMILES string of the molecule is CC(=O)OCCOP(=O)(O)OCC[N+](C)(C)Cc1ccccc1.